The Morgan fingerprint density at radius 3 is 1.67 bits per heavy atom. The zero-order chi connectivity index (χ0) is 10.7. The van der Waals surface area contributed by atoms with Gasteiger partial charge in [-0.15, -0.1) is 0 Å². The van der Waals surface area contributed by atoms with Crippen LogP contribution in [-0.2, 0) is 9.59 Å². The maximum atomic E-state index is 9.43. The molecule has 0 aliphatic carbocycles. The first-order valence-corrected chi connectivity index (χ1v) is 4.27. The second kappa shape index (κ2) is 20.6. The van der Waals surface area contributed by atoms with E-state index in [1.54, 1.807) is 0 Å². The van der Waals surface area contributed by atoms with Crippen molar-refractivity contribution in [3.8, 4) is 0 Å². The summed E-state index contributed by atoms with van der Waals surface area (Å²) in [6, 6.07) is 0. The zero-order valence-electron chi connectivity index (χ0n) is 11.0. The van der Waals surface area contributed by atoms with Gasteiger partial charge in [-0.3, -0.25) is 9.59 Å². The molecule has 0 spiro atoms. The summed E-state index contributed by atoms with van der Waals surface area (Å²) >= 11 is 0. The average molecular weight is 236 g/mol. The Kier molecular flexibility index (Phi) is 34.5. The van der Waals surface area contributed by atoms with Crippen molar-refractivity contribution in [3.63, 3.8) is 0 Å². The fourth-order valence-electron chi connectivity index (χ4n) is 0.556. The van der Waals surface area contributed by atoms with Crippen LogP contribution in [0.25, 0.3) is 0 Å². The monoisotopic (exact) mass is 236 g/mol. The molecule has 0 atom stereocenters. The van der Waals surface area contributed by atoms with Crippen LogP contribution in [0.15, 0.2) is 0 Å². The summed E-state index contributed by atoms with van der Waals surface area (Å²) in [5, 5.41) is 15.4. The predicted molar refractivity (Wildman–Crippen MR) is 50.5 cm³/mol. The molecule has 0 aromatic carbocycles. The Morgan fingerprint density at radius 1 is 1.20 bits per heavy atom. The van der Waals surface area contributed by atoms with Crippen molar-refractivity contribution in [1.82, 2.24) is 0 Å². The van der Waals surface area contributed by atoms with Gasteiger partial charge >= 0.3 is 82.2 Å². The first-order chi connectivity index (χ1) is 6.04. The number of carbonyl (C=O) groups is 2. The smallest absolute Gasteiger partial charge is 1.00 e. The predicted octanol–water partition coefficient (Wildman–Crippen LogP) is -3.93. The Morgan fingerprint density at radius 2 is 1.60 bits per heavy atom. The van der Waals surface area contributed by atoms with Gasteiger partial charge in [-0.2, -0.15) is 6.42 Å². The quantitative estimate of drug-likeness (QED) is 0.221. The minimum atomic E-state index is -1.31. The molecule has 0 bridgehead atoms. The van der Waals surface area contributed by atoms with Gasteiger partial charge in [0.25, 0.3) is 0 Å². The average Bonchev–Trinajstić information content (AvgIpc) is 1.99. The maximum absolute atomic E-state index is 9.43. The van der Waals surface area contributed by atoms with E-state index in [2.05, 4.69) is 13.8 Å². The minimum Gasteiger partial charge on any atom is -1.00 e. The number of unbranched alkanes of at least 4 members (excludes halogenated alkanes) is 3. The zero-order valence-corrected chi connectivity index (χ0v) is 13.1. The molecule has 0 aromatic heterocycles. The van der Waals surface area contributed by atoms with E-state index in [4.69, 9.17) is 10.2 Å². The van der Waals surface area contributed by atoms with Gasteiger partial charge in [0.1, 0.15) is 6.42 Å². The van der Waals surface area contributed by atoms with Crippen LogP contribution in [0.1, 0.15) is 40.5 Å². The van der Waals surface area contributed by atoms with E-state index in [0.717, 1.165) is 6.42 Å². The van der Waals surface area contributed by atoms with Gasteiger partial charge in [-0.05, 0) is 0 Å². The number of carboxylic acids is 2. The van der Waals surface area contributed by atoms with Crippen molar-refractivity contribution in [1.29, 1.82) is 0 Å². The van der Waals surface area contributed by atoms with Gasteiger partial charge in [-0.25, -0.2) is 0 Å². The van der Waals surface area contributed by atoms with Crippen molar-refractivity contribution < 1.29 is 91.5 Å². The van der Waals surface area contributed by atoms with Crippen LogP contribution in [0.4, 0.5) is 0 Å². The van der Waals surface area contributed by atoms with Crippen LogP contribution < -0.4 is 70.2 Å². The molecule has 6 heteroatoms. The Bertz CT molecular complexity index is 142. The third kappa shape index (κ3) is 39.4. The van der Waals surface area contributed by atoms with Gasteiger partial charge in [0.2, 0.25) is 0 Å². The third-order valence-corrected chi connectivity index (χ3v) is 1.16. The number of rotatable bonds is 5. The summed E-state index contributed by atoms with van der Waals surface area (Å²) < 4.78 is 0. The van der Waals surface area contributed by atoms with Crippen molar-refractivity contribution >= 4 is 11.9 Å². The Hall–Kier alpha value is 1.17. The van der Waals surface area contributed by atoms with Gasteiger partial charge in [0.15, 0.2) is 0 Å². The minimum absolute atomic E-state index is 0. The number of hydrogen-bond acceptors (Lipinski definition) is 2. The van der Waals surface area contributed by atoms with E-state index in [9.17, 15) is 9.59 Å². The first-order valence-electron chi connectivity index (χ1n) is 4.27. The van der Waals surface area contributed by atoms with E-state index >= 15 is 0 Å². The molecule has 80 valence electrons. The van der Waals surface area contributed by atoms with Crippen molar-refractivity contribution in [2.75, 3.05) is 0 Å². The molecule has 0 saturated carbocycles. The molecule has 0 aliphatic heterocycles. The molecule has 0 saturated heterocycles. The summed E-state index contributed by atoms with van der Waals surface area (Å²) in [7, 11) is 0. The topological polar surface area (TPSA) is 74.6 Å². The number of hydrogen-bond donors (Lipinski definition) is 2. The SMILES string of the molecule is O=C(O)CC(=O)O.[CH2-]CCCCC.[H-].[K+].[Li+]. The molecule has 0 aliphatic rings. The van der Waals surface area contributed by atoms with Crippen molar-refractivity contribution in [3.05, 3.63) is 6.92 Å². The number of carboxylic acid groups (broad SMARTS) is 2. The molecular weight excluding hydrogens is 218 g/mol. The second-order valence-electron chi connectivity index (χ2n) is 2.52. The van der Waals surface area contributed by atoms with Gasteiger partial charge in [0.05, 0.1) is 0 Å². The third-order valence-electron chi connectivity index (χ3n) is 1.16. The molecule has 0 amide bonds. The molecule has 4 nitrogen and oxygen atoms in total. The molecule has 15 heavy (non-hydrogen) atoms. The summed E-state index contributed by atoms with van der Waals surface area (Å²) in [5.41, 5.74) is 0. The van der Waals surface area contributed by atoms with Crippen molar-refractivity contribution in [2.45, 2.75) is 39.0 Å². The molecule has 0 unspecified atom stereocenters. The molecule has 0 rings (SSSR count). The van der Waals surface area contributed by atoms with E-state index in [1.807, 2.05) is 0 Å². The summed E-state index contributed by atoms with van der Waals surface area (Å²) in [6.07, 6.45) is 4.27. The molecule has 0 fully saturated rings. The van der Waals surface area contributed by atoms with Crippen LogP contribution in [0.5, 0.6) is 0 Å². The summed E-state index contributed by atoms with van der Waals surface area (Å²) in [6.45, 7) is 5.93. The van der Waals surface area contributed by atoms with E-state index in [1.165, 1.54) is 19.3 Å². The van der Waals surface area contributed by atoms with E-state index < -0.39 is 18.4 Å². The maximum Gasteiger partial charge on any atom is 1.00 e. The normalized spacial score (nSPS) is 7.33. The fourth-order valence-corrected chi connectivity index (χ4v) is 0.556. The Balaban J connectivity index is -0.0000000428. The van der Waals surface area contributed by atoms with E-state index in [0.29, 0.717) is 0 Å². The van der Waals surface area contributed by atoms with Gasteiger partial charge in [-0.1, -0.05) is 26.2 Å². The van der Waals surface area contributed by atoms with Crippen LogP contribution in [-0.4, -0.2) is 22.2 Å². The van der Waals surface area contributed by atoms with Crippen LogP contribution in [0, 0.1) is 6.92 Å². The summed E-state index contributed by atoms with van der Waals surface area (Å²) in [5.74, 6) is -2.62. The first kappa shape index (κ1) is 25.1. The molecule has 0 aromatic rings. The fraction of sp³-hybridized carbons (Fsp3) is 0.667. The van der Waals surface area contributed by atoms with Crippen LogP contribution in [0.3, 0.4) is 0 Å². The number of aliphatic carboxylic acids is 2. The molecule has 2 N–H and O–H groups in total. The standard InChI is InChI=1S/C6H13.C3H4O4.K.Li.H/c1-3-5-6-4-2;4-2(5)1-3(6)7;;;/h1,3-6H2,2H3;1H2,(H,4,5)(H,6,7);;;/q-1;;2*+1;-1. The van der Waals surface area contributed by atoms with Crippen LogP contribution >= 0.6 is 0 Å². The van der Waals surface area contributed by atoms with Crippen LogP contribution in [0.2, 0.25) is 0 Å². The Labute approximate surface area is 147 Å². The second-order valence-corrected chi connectivity index (χ2v) is 2.52. The van der Waals surface area contributed by atoms with Gasteiger partial charge < -0.3 is 18.6 Å². The van der Waals surface area contributed by atoms with E-state index in [-0.39, 0.29) is 71.7 Å². The van der Waals surface area contributed by atoms with Crippen molar-refractivity contribution in [2.24, 2.45) is 0 Å². The van der Waals surface area contributed by atoms with Gasteiger partial charge in [0, 0.05) is 0 Å². The molecule has 0 radical (unpaired) electrons. The summed E-state index contributed by atoms with van der Waals surface area (Å²) in [4.78, 5) is 18.9. The molecular formula is C9H18KLiO4. The largest absolute Gasteiger partial charge is 1.00 e. The molecule has 0 heterocycles.